The van der Waals surface area contributed by atoms with Crippen molar-refractivity contribution in [1.29, 1.82) is 0 Å². The van der Waals surface area contributed by atoms with E-state index in [1.807, 2.05) is 18.2 Å². The summed E-state index contributed by atoms with van der Waals surface area (Å²) in [5.41, 5.74) is 0. The van der Waals surface area contributed by atoms with Crippen molar-refractivity contribution < 1.29 is 14.2 Å². The third-order valence-corrected chi connectivity index (χ3v) is 4.80. The molecule has 4 nitrogen and oxygen atoms in total. The zero-order valence-electron chi connectivity index (χ0n) is 13.5. The number of benzene rings is 1. The summed E-state index contributed by atoms with van der Waals surface area (Å²) in [6.07, 6.45) is 7.18. The average molecular weight is 415 g/mol. The molecule has 1 aliphatic heterocycles. The molecule has 1 saturated heterocycles. The molecule has 1 aromatic heterocycles. The highest BCUT2D eigenvalue weighted by Gasteiger charge is 2.14. The van der Waals surface area contributed by atoms with E-state index in [1.165, 1.54) is 6.42 Å². The number of fused-ring (bicyclic) bond motifs is 1. The Labute approximate surface area is 155 Å². The van der Waals surface area contributed by atoms with Crippen LogP contribution < -0.4 is 4.74 Å². The van der Waals surface area contributed by atoms with Gasteiger partial charge in [-0.3, -0.25) is 0 Å². The summed E-state index contributed by atoms with van der Waals surface area (Å²) in [5.74, 6) is 0.844. The third-order valence-electron chi connectivity index (χ3n) is 4.04. The molecule has 0 aliphatic carbocycles. The highest BCUT2D eigenvalue weighted by Crippen LogP contribution is 2.33. The van der Waals surface area contributed by atoms with Crippen LogP contribution in [0.3, 0.4) is 0 Å². The van der Waals surface area contributed by atoms with Gasteiger partial charge < -0.3 is 14.2 Å². The molecule has 0 unspecified atom stereocenters. The van der Waals surface area contributed by atoms with Gasteiger partial charge >= 0.3 is 0 Å². The van der Waals surface area contributed by atoms with E-state index in [9.17, 15) is 0 Å². The van der Waals surface area contributed by atoms with E-state index in [1.54, 1.807) is 6.20 Å². The lowest BCUT2D eigenvalue weighted by Gasteiger charge is -2.11. The molecule has 130 valence electrons. The van der Waals surface area contributed by atoms with Gasteiger partial charge in [0.15, 0.2) is 6.29 Å². The van der Waals surface area contributed by atoms with Gasteiger partial charge in [0.25, 0.3) is 0 Å². The number of unbranched alkanes of at least 4 members (excludes halogenated alkanes) is 3. The average Bonchev–Trinajstić information content (AvgIpc) is 3.08. The van der Waals surface area contributed by atoms with Gasteiger partial charge in [0.05, 0.1) is 19.8 Å². The predicted octanol–water partition coefficient (Wildman–Crippen LogP) is 5.35. The second kappa shape index (κ2) is 8.99. The molecule has 2 heterocycles. The molecule has 1 fully saturated rings. The maximum absolute atomic E-state index is 6.17. The van der Waals surface area contributed by atoms with Crippen LogP contribution in [0.4, 0.5) is 0 Å². The third kappa shape index (κ3) is 4.82. The zero-order chi connectivity index (χ0) is 16.8. The van der Waals surface area contributed by atoms with Crippen molar-refractivity contribution in [2.75, 3.05) is 19.8 Å². The predicted molar refractivity (Wildman–Crippen MR) is 98.7 cm³/mol. The van der Waals surface area contributed by atoms with Crippen molar-refractivity contribution in [2.24, 2.45) is 0 Å². The first-order valence-corrected chi connectivity index (χ1v) is 9.51. The topological polar surface area (TPSA) is 40.6 Å². The van der Waals surface area contributed by atoms with Crippen LogP contribution in [0.15, 0.2) is 28.9 Å². The Kier molecular flexibility index (Phi) is 6.72. The van der Waals surface area contributed by atoms with Gasteiger partial charge in [0.1, 0.15) is 10.9 Å². The molecule has 1 aromatic carbocycles. The Morgan fingerprint density at radius 3 is 2.75 bits per heavy atom. The molecule has 0 saturated carbocycles. The lowest BCUT2D eigenvalue weighted by molar-refractivity contribution is -0.0480. The van der Waals surface area contributed by atoms with Crippen molar-refractivity contribution in [3.63, 3.8) is 0 Å². The fraction of sp³-hybridized carbons (Fsp3) is 0.500. The normalized spacial score (nSPS) is 15.2. The Balaban J connectivity index is 1.43. The Morgan fingerprint density at radius 1 is 1.12 bits per heavy atom. The van der Waals surface area contributed by atoms with Gasteiger partial charge in [-0.15, -0.1) is 0 Å². The highest BCUT2D eigenvalue weighted by molar-refractivity contribution is 9.10. The second-order valence-corrected chi connectivity index (χ2v) is 7.10. The van der Waals surface area contributed by atoms with Crippen LogP contribution in [-0.4, -0.2) is 31.1 Å². The highest BCUT2D eigenvalue weighted by atomic mass is 79.9. The van der Waals surface area contributed by atoms with E-state index in [-0.39, 0.29) is 6.29 Å². The quantitative estimate of drug-likeness (QED) is 0.431. The molecule has 0 N–H and O–H groups in total. The first-order chi connectivity index (χ1) is 11.7. The van der Waals surface area contributed by atoms with Gasteiger partial charge in [-0.25, -0.2) is 4.98 Å². The number of hydrogen-bond acceptors (Lipinski definition) is 4. The number of ether oxygens (including phenoxy) is 3. The number of halogens is 2. The molecular formula is C18H21BrClNO3. The zero-order valence-corrected chi connectivity index (χ0v) is 15.8. The van der Waals surface area contributed by atoms with Gasteiger partial charge in [0.2, 0.25) is 0 Å². The Bertz CT molecular complexity index is 677. The van der Waals surface area contributed by atoms with E-state index in [0.29, 0.717) is 11.8 Å². The number of aromatic nitrogens is 1. The maximum atomic E-state index is 6.17. The van der Waals surface area contributed by atoms with Gasteiger partial charge in [-0.2, -0.15) is 0 Å². The molecule has 2 aromatic rings. The van der Waals surface area contributed by atoms with Crippen LogP contribution in [0.2, 0.25) is 5.15 Å². The molecule has 0 radical (unpaired) electrons. The second-order valence-electron chi connectivity index (χ2n) is 5.82. The van der Waals surface area contributed by atoms with Crippen molar-refractivity contribution in [2.45, 2.75) is 38.4 Å². The molecule has 6 heteroatoms. The lowest BCUT2D eigenvalue weighted by atomic mass is 10.1. The van der Waals surface area contributed by atoms with Gasteiger partial charge in [-0.1, -0.05) is 40.4 Å². The lowest BCUT2D eigenvalue weighted by Crippen LogP contribution is -2.06. The first-order valence-electron chi connectivity index (χ1n) is 8.34. The molecule has 0 bridgehead atoms. The molecule has 1 aliphatic rings. The first kappa shape index (κ1) is 17.9. The minimum absolute atomic E-state index is 0.0210. The summed E-state index contributed by atoms with van der Waals surface area (Å²) in [7, 11) is 0. The van der Waals surface area contributed by atoms with Crippen LogP contribution in [0.1, 0.15) is 32.1 Å². The minimum atomic E-state index is 0.0210. The largest absolute Gasteiger partial charge is 0.493 e. The molecule has 0 atom stereocenters. The number of hydrogen-bond donors (Lipinski definition) is 0. The number of rotatable bonds is 8. The SMILES string of the molecule is Clc1nccc2c(OCCCCCCC3OCCO3)cc(Br)cc12. The maximum Gasteiger partial charge on any atom is 0.157 e. The molecule has 24 heavy (non-hydrogen) atoms. The summed E-state index contributed by atoms with van der Waals surface area (Å²) in [6.45, 7) is 2.17. The van der Waals surface area contributed by atoms with Gasteiger partial charge in [0, 0.05) is 21.4 Å². The summed E-state index contributed by atoms with van der Waals surface area (Å²) >= 11 is 9.67. The molecule has 0 spiro atoms. The summed E-state index contributed by atoms with van der Waals surface area (Å²) in [5, 5.41) is 2.39. The van der Waals surface area contributed by atoms with Crippen molar-refractivity contribution in [1.82, 2.24) is 4.98 Å². The van der Waals surface area contributed by atoms with Crippen molar-refractivity contribution in [3.8, 4) is 5.75 Å². The smallest absolute Gasteiger partial charge is 0.157 e. The van der Waals surface area contributed by atoms with E-state index < -0.39 is 0 Å². The summed E-state index contributed by atoms with van der Waals surface area (Å²) in [6, 6.07) is 5.88. The minimum Gasteiger partial charge on any atom is -0.493 e. The van der Waals surface area contributed by atoms with Crippen LogP contribution in [-0.2, 0) is 9.47 Å². The van der Waals surface area contributed by atoms with Crippen LogP contribution in [0, 0.1) is 0 Å². The fourth-order valence-corrected chi connectivity index (χ4v) is 3.47. The Morgan fingerprint density at radius 2 is 1.92 bits per heavy atom. The molecular weight excluding hydrogens is 394 g/mol. The summed E-state index contributed by atoms with van der Waals surface area (Å²) < 4.78 is 17.8. The standard InChI is InChI=1S/C18H21BrClNO3/c19-13-11-15-14(6-7-21-18(15)20)16(12-13)22-8-4-2-1-3-5-17-23-9-10-24-17/h6-7,11-12,17H,1-5,8-10H2. The van der Waals surface area contributed by atoms with Crippen molar-refractivity contribution >= 4 is 38.3 Å². The van der Waals surface area contributed by atoms with Crippen LogP contribution in [0.25, 0.3) is 10.8 Å². The molecule has 3 rings (SSSR count). The van der Waals surface area contributed by atoms with Crippen LogP contribution >= 0.6 is 27.5 Å². The summed E-state index contributed by atoms with van der Waals surface area (Å²) in [4.78, 5) is 4.12. The van der Waals surface area contributed by atoms with E-state index >= 15 is 0 Å². The number of pyridine rings is 1. The monoisotopic (exact) mass is 413 g/mol. The molecule has 0 amide bonds. The van der Waals surface area contributed by atoms with E-state index in [2.05, 4.69) is 20.9 Å². The van der Waals surface area contributed by atoms with Crippen molar-refractivity contribution in [3.05, 3.63) is 34.0 Å². The Hall–Kier alpha value is -0.880. The van der Waals surface area contributed by atoms with E-state index in [4.69, 9.17) is 25.8 Å². The van der Waals surface area contributed by atoms with Crippen LogP contribution in [0.5, 0.6) is 5.75 Å². The number of nitrogens with zero attached hydrogens (tertiary/aromatic N) is 1. The van der Waals surface area contributed by atoms with Gasteiger partial charge in [-0.05, 0) is 37.5 Å². The van der Waals surface area contributed by atoms with E-state index in [0.717, 1.165) is 59.9 Å². The fourth-order valence-electron chi connectivity index (χ4n) is 2.82.